The Hall–Kier alpha value is -0.300. The van der Waals surface area contributed by atoms with E-state index in [-0.39, 0.29) is 0 Å². The van der Waals surface area contributed by atoms with Gasteiger partial charge in [-0.2, -0.15) is 0 Å². The van der Waals surface area contributed by atoms with Crippen LogP contribution in [-0.2, 0) is 4.74 Å². The van der Waals surface area contributed by atoms with Crippen LogP contribution in [0.3, 0.4) is 0 Å². The lowest BCUT2D eigenvalue weighted by atomic mass is 10.1. The van der Waals surface area contributed by atoms with Gasteiger partial charge >= 0.3 is 0 Å². The number of allylic oxidation sites excluding steroid dienone is 1. The van der Waals surface area contributed by atoms with Crippen LogP contribution in [0.5, 0.6) is 0 Å². The third kappa shape index (κ3) is 3.67. The minimum Gasteiger partial charge on any atom is -0.377 e. The van der Waals surface area contributed by atoms with E-state index in [1.54, 1.807) is 0 Å². The molecular weight excluding hydrogens is 124 g/mol. The van der Waals surface area contributed by atoms with Gasteiger partial charge in [-0.25, -0.2) is 0 Å². The van der Waals surface area contributed by atoms with Crippen molar-refractivity contribution in [2.24, 2.45) is 0 Å². The van der Waals surface area contributed by atoms with Gasteiger partial charge in [0, 0.05) is 6.61 Å². The lowest BCUT2D eigenvalue weighted by Crippen LogP contribution is -1.95. The van der Waals surface area contributed by atoms with Crippen LogP contribution in [0.4, 0.5) is 0 Å². The Labute approximate surface area is 63.1 Å². The Morgan fingerprint density at radius 3 is 2.80 bits per heavy atom. The van der Waals surface area contributed by atoms with Gasteiger partial charge in [0.25, 0.3) is 0 Å². The number of ether oxygens (including phenoxy) is 1. The third-order valence-electron chi connectivity index (χ3n) is 1.79. The standard InChI is InChI=1S/C9H16O/c1-2-4-6-8-10-9-7-5-3-1/h4,6H,1-3,5,7-9H2/b6-4-. The Balaban J connectivity index is 2.13. The maximum Gasteiger partial charge on any atom is 0.0647 e. The highest BCUT2D eigenvalue weighted by Gasteiger charge is 1.91. The lowest BCUT2D eigenvalue weighted by molar-refractivity contribution is 0.156. The van der Waals surface area contributed by atoms with E-state index in [2.05, 4.69) is 12.2 Å². The van der Waals surface area contributed by atoms with Crippen LogP contribution in [0, 0.1) is 0 Å². The van der Waals surface area contributed by atoms with E-state index in [0.29, 0.717) is 0 Å². The van der Waals surface area contributed by atoms with Crippen LogP contribution in [0.25, 0.3) is 0 Å². The zero-order valence-electron chi connectivity index (χ0n) is 6.51. The molecule has 1 aliphatic rings. The molecule has 0 bridgehead atoms. The second kappa shape index (κ2) is 5.48. The molecule has 58 valence electrons. The van der Waals surface area contributed by atoms with Crippen molar-refractivity contribution in [1.82, 2.24) is 0 Å². The summed E-state index contributed by atoms with van der Waals surface area (Å²) in [6.07, 6.45) is 10.9. The minimum absolute atomic E-state index is 0.819. The average Bonchev–Trinajstić information content (AvgIpc) is 2.01. The number of rotatable bonds is 0. The van der Waals surface area contributed by atoms with E-state index in [1.807, 2.05) is 0 Å². The van der Waals surface area contributed by atoms with Crippen LogP contribution < -0.4 is 0 Å². The molecule has 0 atom stereocenters. The maximum absolute atomic E-state index is 5.32. The molecule has 0 aliphatic carbocycles. The number of hydrogen-bond acceptors (Lipinski definition) is 1. The summed E-state index contributed by atoms with van der Waals surface area (Å²) >= 11 is 0. The van der Waals surface area contributed by atoms with Gasteiger partial charge in [0.1, 0.15) is 0 Å². The second-order valence-corrected chi connectivity index (χ2v) is 2.75. The smallest absolute Gasteiger partial charge is 0.0647 e. The predicted octanol–water partition coefficient (Wildman–Crippen LogP) is 2.52. The highest BCUT2D eigenvalue weighted by Crippen LogP contribution is 2.05. The van der Waals surface area contributed by atoms with Crippen LogP contribution in [0.2, 0.25) is 0 Å². The van der Waals surface area contributed by atoms with E-state index < -0.39 is 0 Å². The largest absolute Gasteiger partial charge is 0.377 e. The molecule has 0 aromatic heterocycles. The van der Waals surface area contributed by atoms with Gasteiger partial charge in [0.05, 0.1) is 6.61 Å². The Morgan fingerprint density at radius 1 is 0.900 bits per heavy atom. The summed E-state index contributed by atoms with van der Waals surface area (Å²) in [6, 6.07) is 0. The van der Waals surface area contributed by atoms with Gasteiger partial charge in [0.2, 0.25) is 0 Å². The van der Waals surface area contributed by atoms with E-state index in [9.17, 15) is 0 Å². The van der Waals surface area contributed by atoms with Gasteiger partial charge in [-0.15, -0.1) is 0 Å². The Morgan fingerprint density at radius 2 is 1.80 bits per heavy atom. The molecule has 0 aromatic carbocycles. The first-order valence-corrected chi connectivity index (χ1v) is 4.23. The van der Waals surface area contributed by atoms with Crippen molar-refractivity contribution in [3.63, 3.8) is 0 Å². The topological polar surface area (TPSA) is 9.23 Å². The molecule has 1 aliphatic heterocycles. The molecule has 10 heavy (non-hydrogen) atoms. The van der Waals surface area contributed by atoms with Crippen molar-refractivity contribution < 1.29 is 4.74 Å². The van der Waals surface area contributed by atoms with Crippen LogP contribution in [0.15, 0.2) is 12.2 Å². The first kappa shape index (κ1) is 7.80. The van der Waals surface area contributed by atoms with Gasteiger partial charge < -0.3 is 4.74 Å². The zero-order chi connectivity index (χ0) is 7.07. The van der Waals surface area contributed by atoms with Crippen molar-refractivity contribution in [1.29, 1.82) is 0 Å². The molecule has 0 saturated carbocycles. The summed E-state index contributed by atoms with van der Waals surface area (Å²) in [5.74, 6) is 0. The summed E-state index contributed by atoms with van der Waals surface area (Å²) < 4.78 is 5.32. The molecule has 0 aromatic rings. The van der Waals surface area contributed by atoms with Crippen LogP contribution in [0.1, 0.15) is 32.1 Å². The van der Waals surface area contributed by atoms with Crippen molar-refractivity contribution >= 4 is 0 Å². The van der Waals surface area contributed by atoms with E-state index >= 15 is 0 Å². The fourth-order valence-corrected chi connectivity index (χ4v) is 1.16. The molecule has 0 radical (unpaired) electrons. The van der Waals surface area contributed by atoms with Crippen molar-refractivity contribution in [3.8, 4) is 0 Å². The highest BCUT2D eigenvalue weighted by atomic mass is 16.5. The predicted molar refractivity (Wildman–Crippen MR) is 43.0 cm³/mol. The highest BCUT2D eigenvalue weighted by molar-refractivity contribution is 4.81. The van der Waals surface area contributed by atoms with Crippen molar-refractivity contribution in [2.75, 3.05) is 13.2 Å². The summed E-state index contributed by atoms with van der Waals surface area (Å²) in [5.41, 5.74) is 0. The molecule has 0 fully saturated rings. The van der Waals surface area contributed by atoms with Gasteiger partial charge in [-0.3, -0.25) is 0 Å². The Kier molecular flexibility index (Phi) is 4.28. The molecule has 1 heterocycles. The molecule has 0 spiro atoms. The normalized spacial score (nSPS) is 25.6. The molecule has 1 heteroatoms. The Bertz CT molecular complexity index is 84.9. The van der Waals surface area contributed by atoms with Gasteiger partial charge in [-0.1, -0.05) is 25.0 Å². The first-order valence-electron chi connectivity index (χ1n) is 4.23. The first-order chi connectivity index (χ1) is 5.00. The lowest BCUT2D eigenvalue weighted by Gasteiger charge is -2.03. The van der Waals surface area contributed by atoms with Crippen molar-refractivity contribution in [2.45, 2.75) is 32.1 Å². The SMILES string of the molecule is C1=C\COCCCCCC/1. The fraction of sp³-hybridized carbons (Fsp3) is 0.778. The van der Waals surface area contributed by atoms with Gasteiger partial charge in [0.15, 0.2) is 0 Å². The molecule has 0 N–H and O–H groups in total. The molecule has 1 nitrogen and oxygen atoms in total. The molecular formula is C9H16O. The summed E-state index contributed by atoms with van der Waals surface area (Å²) in [7, 11) is 0. The minimum atomic E-state index is 0.819. The fourth-order valence-electron chi connectivity index (χ4n) is 1.16. The summed E-state index contributed by atoms with van der Waals surface area (Å²) in [5, 5.41) is 0. The third-order valence-corrected chi connectivity index (χ3v) is 1.79. The second-order valence-electron chi connectivity index (χ2n) is 2.75. The average molecular weight is 140 g/mol. The molecule has 0 amide bonds. The van der Waals surface area contributed by atoms with E-state index in [4.69, 9.17) is 4.74 Å². The van der Waals surface area contributed by atoms with Crippen molar-refractivity contribution in [3.05, 3.63) is 12.2 Å². The molecule has 0 unspecified atom stereocenters. The monoisotopic (exact) mass is 140 g/mol. The van der Waals surface area contributed by atoms with Crippen LogP contribution >= 0.6 is 0 Å². The van der Waals surface area contributed by atoms with E-state index in [0.717, 1.165) is 13.2 Å². The quantitative estimate of drug-likeness (QED) is 0.470. The summed E-state index contributed by atoms with van der Waals surface area (Å²) in [6.45, 7) is 1.77. The zero-order valence-corrected chi connectivity index (χ0v) is 6.51. The number of hydrogen-bond donors (Lipinski definition) is 0. The molecule has 1 rings (SSSR count). The molecule has 0 saturated heterocycles. The summed E-state index contributed by atoms with van der Waals surface area (Å²) in [4.78, 5) is 0. The van der Waals surface area contributed by atoms with Crippen LogP contribution in [-0.4, -0.2) is 13.2 Å². The van der Waals surface area contributed by atoms with E-state index in [1.165, 1.54) is 32.1 Å². The maximum atomic E-state index is 5.32. The van der Waals surface area contributed by atoms with Gasteiger partial charge in [-0.05, 0) is 19.3 Å².